The number of carbonyl (C=O) groups excluding carboxylic acids is 1. The maximum absolute atomic E-state index is 12.3. The highest BCUT2D eigenvalue weighted by molar-refractivity contribution is 7.99. The van der Waals surface area contributed by atoms with Crippen molar-refractivity contribution in [3.05, 3.63) is 0 Å². The second-order valence-corrected chi connectivity index (χ2v) is 7.00. The summed E-state index contributed by atoms with van der Waals surface area (Å²) in [7, 11) is 0. The third kappa shape index (κ3) is 3.21. The molecule has 0 aromatic heterocycles. The summed E-state index contributed by atoms with van der Waals surface area (Å²) in [4.78, 5) is 14.5. The summed E-state index contributed by atoms with van der Waals surface area (Å²) in [6.07, 6.45) is 8.14. The second kappa shape index (κ2) is 6.29. The molecule has 0 spiro atoms. The number of hydrogen-bond donors (Lipinski definition) is 1. The number of nitrogens with one attached hydrogen (secondary N) is 1. The standard InChI is InChI=1S/C14H26N2OS/c1-10(2)15-13-8-9-16(14(13)17)11-4-6-12(18-3)7-5-11/h10-13,15H,4-9H2,1-3H3. The van der Waals surface area contributed by atoms with E-state index in [1.807, 2.05) is 11.8 Å². The Labute approximate surface area is 115 Å². The largest absolute Gasteiger partial charge is 0.338 e. The highest BCUT2D eigenvalue weighted by Gasteiger charge is 2.37. The molecule has 4 heteroatoms. The molecule has 1 unspecified atom stereocenters. The number of nitrogens with zero attached hydrogens (tertiary/aromatic N) is 1. The lowest BCUT2D eigenvalue weighted by Crippen LogP contribution is -2.45. The lowest BCUT2D eigenvalue weighted by atomic mass is 9.94. The first-order valence-corrected chi connectivity index (χ1v) is 8.50. The predicted molar refractivity (Wildman–Crippen MR) is 77.9 cm³/mol. The molecule has 0 aromatic rings. The van der Waals surface area contributed by atoms with Crippen molar-refractivity contribution in [3.8, 4) is 0 Å². The van der Waals surface area contributed by atoms with Gasteiger partial charge in [-0.15, -0.1) is 0 Å². The van der Waals surface area contributed by atoms with E-state index >= 15 is 0 Å². The Morgan fingerprint density at radius 2 is 1.89 bits per heavy atom. The fourth-order valence-corrected chi connectivity index (χ4v) is 3.96. The second-order valence-electron chi connectivity index (χ2n) is 5.86. The van der Waals surface area contributed by atoms with Gasteiger partial charge in [-0.1, -0.05) is 13.8 Å². The quantitative estimate of drug-likeness (QED) is 0.850. The molecule has 0 aromatic carbocycles. The van der Waals surface area contributed by atoms with E-state index in [0.29, 0.717) is 18.0 Å². The summed E-state index contributed by atoms with van der Waals surface area (Å²) >= 11 is 1.98. The Kier molecular flexibility index (Phi) is 4.96. The first-order valence-electron chi connectivity index (χ1n) is 7.21. The van der Waals surface area contributed by atoms with Crippen LogP contribution in [0.3, 0.4) is 0 Å². The van der Waals surface area contributed by atoms with Crippen molar-refractivity contribution in [2.24, 2.45) is 0 Å². The molecule has 3 nitrogen and oxygen atoms in total. The summed E-state index contributed by atoms with van der Waals surface area (Å²) in [5.41, 5.74) is 0. The topological polar surface area (TPSA) is 32.3 Å². The van der Waals surface area contributed by atoms with Gasteiger partial charge in [-0.2, -0.15) is 11.8 Å². The fourth-order valence-electron chi connectivity index (χ4n) is 3.21. The van der Waals surface area contributed by atoms with Crippen LogP contribution in [0.25, 0.3) is 0 Å². The summed E-state index contributed by atoms with van der Waals surface area (Å²) < 4.78 is 0. The molecule has 2 rings (SSSR count). The summed E-state index contributed by atoms with van der Waals surface area (Å²) in [5, 5.41) is 4.21. The molecule has 1 heterocycles. The van der Waals surface area contributed by atoms with Crippen molar-refractivity contribution in [1.29, 1.82) is 0 Å². The van der Waals surface area contributed by atoms with Gasteiger partial charge in [0.05, 0.1) is 6.04 Å². The van der Waals surface area contributed by atoms with Crippen molar-refractivity contribution in [1.82, 2.24) is 10.2 Å². The minimum atomic E-state index is 0.0725. The Balaban J connectivity index is 1.86. The van der Waals surface area contributed by atoms with E-state index in [4.69, 9.17) is 0 Å². The number of carbonyl (C=O) groups is 1. The molecule has 1 aliphatic heterocycles. The van der Waals surface area contributed by atoms with Crippen molar-refractivity contribution < 1.29 is 4.79 Å². The molecule has 18 heavy (non-hydrogen) atoms. The van der Waals surface area contributed by atoms with Gasteiger partial charge < -0.3 is 10.2 Å². The highest BCUT2D eigenvalue weighted by Crippen LogP contribution is 2.31. The maximum atomic E-state index is 12.3. The summed E-state index contributed by atoms with van der Waals surface area (Å²) in [6.45, 7) is 5.18. The van der Waals surface area contributed by atoms with Gasteiger partial charge in [-0.25, -0.2) is 0 Å². The minimum Gasteiger partial charge on any atom is -0.338 e. The number of thioether (sulfide) groups is 1. The van der Waals surface area contributed by atoms with Crippen LogP contribution in [-0.4, -0.2) is 47.0 Å². The number of amides is 1. The lowest BCUT2D eigenvalue weighted by molar-refractivity contribution is -0.132. The van der Waals surface area contributed by atoms with E-state index in [1.165, 1.54) is 25.7 Å². The predicted octanol–water partition coefficient (Wildman–Crippen LogP) is 2.26. The van der Waals surface area contributed by atoms with Gasteiger partial charge in [-0.3, -0.25) is 4.79 Å². The fraction of sp³-hybridized carbons (Fsp3) is 0.929. The van der Waals surface area contributed by atoms with Crippen LogP contribution < -0.4 is 5.32 Å². The average Bonchev–Trinajstić information content (AvgIpc) is 2.71. The smallest absolute Gasteiger partial charge is 0.240 e. The first kappa shape index (κ1) is 14.2. The SMILES string of the molecule is CSC1CCC(N2CCC(NC(C)C)C2=O)CC1. The Hall–Kier alpha value is -0.220. The van der Waals surface area contributed by atoms with Crippen molar-refractivity contribution in [3.63, 3.8) is 0 Å². The van der Waals surface area contributed by atoms with Crippen LogP contribution >= 0.6 is 11.8 Å². The summed E-state index contributed by atoms with van der Waals surface area (Å²) in [5.74, 6) is 0.344. The lowest BCUT2D eigenvalue weighted by Gasteiger charge is -2.34. The van der Waals surface area contributed by atoms with Crippen LogP contribution in [0.1, 0.15) is 46.0 Å². The zero-order chi connectivity index (χ0) is 13.1. The molecular formula is C14H26N2OS. The monoisotopic (exact) mass is 270 g/mol. The van der Waals surface area contributed by atoms with Crippen molar-refractivity contribution in [2.75, 3.05) is 12.8 Å². The number of rotatable bonds is 4. The summed E-state index contributed by atoms with van der Waals surface area (Å²) in [6, 6.07) is 0.981. The van der Waals surface area contributed by atoms with Crippen LogP contribution in [0.5, 0.6) is 0 Å². The zero-order valence-corrected chi connectivity index (χ0v) is 12.6. The van der Waals surface area contributed by atoms with Crippen molar-refractivity contribution in [2.45, 2.75) is 69.3 Å². The van der Waals surface area contributed by atoms with Crippen LogP contribution in [0, 0.1) is 0 Å². The van der Waals surface area contributed by atoms with E-state index in [2.05, 4.69) is 30.3 Å². The van der Waals surface area contributed by atoms with Crippen LogP contribution in [-0.2, 0) is 4.79 Å². The van der Waals surface area contributed by atoms with E-state index in [1.54, 1.807) is 0 Å². The van der Waals surface area contributed by atoms with Crippen LogP contribution in [0.15, 0.2) is 0 Å². The molecule has 0 radical (unpaired) electrons. The van der Waals surface area contributed by atoms with Crippen molar-refractivity contribution >= 4 is 17.7 Å². The van der Waals surface area contributed by atoms with E-state index in [0.717, 1.165) is 18.2 Å². The number of likely N-dealkylation sites (tertiary alicyclic amines) is 1. The Bertz CT molecular complexity index is 288. The molecule has 1 saturated carbocycles. The van der Waals surface area contributed by atoms with E-state index in [9.17, 15) is 4.79 Å². The molecule has 104 valence electrons. The highest BCUT2D eigenvalue weighted by atomic mass is 32.2. The van der Waals surface area contributed by atoms with Gasteiger partial charge in [0.1, 0.15) is 0 Å². The normalized spacial score (nSPS) is 33.4. The molecular weight excluding hydrogens is 244 g/mol. The maximum Gasteiger partial charge on any atom is 0.240 e. The molecule has 1 N–H and O–H groups in total. The third-order valence-corrected chi connectivity index (χ3v) is 5.33. The molecule has 1 aliphatic carbocycles. The average molecular weight is 270 g/mol. The molecule has 1 saturated heterocycles. The molecule has 1 amide bonds. The molecule has 1 atom stereocenters. The van der Waals surface area contributed by atoms with Gasteiger partial charge >= 0.3 is 0 Å². The van der Waals surface area contributed by atoms with Gasteiger partial charge in [0.25, 0.3) is 0 Å². The molecule has 2 fully saturated rings. The van der Waals surface area contributed by atoms with Crippen LogP contribution in [0.4, 0.5) is 0 Å². The zero-order valence-electron chi connectivity index (χ0n) is 11.8. The van der Waals surface area contributed by atoms with Gasteiger partial charge in [0.2, 0.25) is 5.91 Å². The Morgan fingerprint density at radius 1 is 1.22 bits per heavy atom. The minimum absolute atomic E-state index is 0.0725. The van der Waals surface area contributed by atoms with E-state index < -0.39 is 0 Å². The molecule has 2 aliphatic rings. The van der Waals surface area contributed by atoms with Gasteiger partial charge in [0, 0.05) is 23.9 Å². The van der Waals surface area contributed by atoms with Crippen LogP contribution in [0.2, 0.25) is 0 Å². The van der Waals surface area contributed by atoms with E-state index in [-0.39, 0.29) is 6.04 Å². The van der Waals surface area contributed by atoms with Gasteiger partial charge in [0.15, 0.2) is 0 Å². The first-order chi connectivity index (χ1) is 8.61. The molecule has 0 bridgehead atoms. The number of hydrogen-bond acceptors (Lipinski definition) is 3. The Morgan fingerprint density at radius 3 is 2.44 bits per heavy atom. The third-order valence-electron chi connectivity index (χ3n) is 4.19. The van der Waals surface area contributed by atoms with Gasteiger partial charge in [-0.05, 0) is 38.4 Å².